The Labute approximate surface area is 181 Å². The molecule has 0 radical (unpaired) electrons. The molecule has 3 aromatic rings. The standard InChI is InChI=1S/C25H26N2O4/c1-17(29)25-26-12-13-27(25)22(14-28)11-4-18-2-5-19(6-3-18)20-7-9-21(10-8-20)23-15-31-16-24(23)30/h2-3,5-10,12-13,17,22-24,28-30H,14-16H2,1H3/t17-,22-,23-,24+/m0/s1. The monoisotopic (exact) mass is 418 g/mol. The van der Waals surface area contributed by atoms with Gasteiger partial charge in [-0.05, 0) is 35.7 Å². The lowest BCUT2D eigenvalue weighted by Gasteiger charge is -2.14. The van der Waals surface area contributed by atoms with Gasteiger partial charge in [0.15, 0.2) is 0 Å². The summed E-state index contributed by atoms with van der Waals surface area (Å²) in [5.74, 6) is 6.67. The predicted molar refractivity (Wildman–Crippen MR) is 117 cm³/mol. The van der Waals surface area contributed by atoms with E-state index in [1.807, 2.05) is 36.4 Å². The number of aliphatic hydroxyl groups is 3. The molecule has 0 aliphatic carbocycles. The van der Waals surface area contributed by atoms with Crippen molar-refractivity contribution in [3.63, 3.8) is 0 Å². The largest absolute Gasteiger partial charge is 0.393 e. The van der Waals surface area contributed by atoms with Crippen molar-refractivity contribution in [2.24, 2.45) is 0 Å². The zero-order valence-electron chi connectivity index (χ0n) is 17.3. The minimum absolute atomic E-state index is 0.0380. The fraction of sp³-hybridized carbons (Fsp3) is 0.320. The normalized spacial score (nSPS) is 20.1. The first-order valence-electron chi connectivity index (χ1n) is 10.4. The van der Waals surface area contributed by atoms with Gasteiger partial charge in [0.25, 0.3) is 0 Å². The van der Waals surface area contributed by atoms with E-state index in [0.29, 0.717) is 19.0 Å². The highest BCUT2D eigenvalue weighted by Crippen LogP contribution is 2.28. The van der Waals surface area contributed by atoms with Gasteiger partial charge < -0.3 is 24.6 Å². The number of hydrogen-bond acceptors (Lipinski definition) is 5. The fourth-order valence-corrected chi connectivity index (χ4v) is 3.81. The SMILES string of the molecule is C[C@H](O)c1nccn1[C@@H](C#Cc1ccc(-c2ccc([C@@H]3COC[C@H]3O)cc2)cc1)CO. The van der Waals surface area contributed by atoms with Crippen molar-refractivity contribution >= 4 is 0 Å². The second-order valence-corrected chi connectivity index (χ2v) is 7.75. The minimum Gasteiger partial charge on any atom is -0.393 e. The third kappa shape index (κ3) is 4.71. The maximum atomic E-state index is 10.00. The lowest BCUT2D eigenvalue weighted by Crippen LogP contribution is -2.15. The minimum atomic E-state index is -0.735. The van der Waals surface area contributed by atoms with Gasteiger partial charge in [-0.25, -0.2) is 4.98 Å². The Hall–Kier alpha value is -2.95. The lowest BCUT2D eigenvalue weighted by atomic mass is 9.94. The Bertz CT molecular complexity index is 1060. The molecular formula is C25H26N2O4. The van der Waals surface area contributed by atoms with Gasteiger partial charge in [-0.2, -0.15) is 0 Å². The van der Waals surface area contributed by atoms with Crippen LogP contribution in [0.4, 0.5) is 0 Å². The van der Waals surface area contributed by atoms with E-state index in [9.17, 15) is 15.3 Å². The molecule has 1 aromatic heterocycles. The van der Waals surface area contributed by atoms with Crippen molar-refractivity contribution in [3.8, 4) is 23.0 Å². The van der Waals surface area contributed by atoms with Gasteiger partial charge in [-0.1, -0.05) is 48.2 Å². The number of nitrogens with zero attached hydrogens (tertiary/aromatic N) is 2. The Morgan fingerprint density at radius 3 is 2.35 bits per heavy atom. The highest BCUT2D eigenvalue weighted by atomic mass is 16.5. The lowest BCUT2D eigenvalue weighted by molar-refractivity contribution is 0.124. The molecule has 1 aliphatic heterocycles. The summed E-state index contributed by atoms with van der Waals surface area (Å²) in [6.07, 6.45) is 2.12. The number of imidazole rings is 1. The van der Waals surface area contributed by atoms with Crippen LogP contribution in [-0.2, 0) is 4.74 Å². The van der Waals surface area contributed by atoms with Crippen molar-refractivity contribution in [2.45, 2.75) is 31.1 Å². The number of hydrogen-bond donors (Lipinski definition) is 3. The van der Waals surface area contributed by atoms with Gasteiger partial charge in [0.1, 0.15) is 18.0 Å². The van der Waals surface area contributed by atoms with E-state index in [0.717, 1.165) is 22.3 Å². The van der Waals surface area contributed by atoms with E-state index in [2.05, 4.69) is 29.0 Å². The molecule has 1 saturated heterocycles. The smallest absolute Gasteiger partial charge is 0.138 e. The summed E-state index contributed by atoms with van der Waals surface area (Å²) in [5.41, 5.74) is 4.08. The number of benzene rings is 2. The summed E-state index contributed by atoms with van der Waals surface area (Å²) < 4.78 is 7.04. The Morgan fingerprint density at radius 1 is 1.10 bits per heavy atom. The van der Waals surface area contributed by atoms with Crippen LogP contribution in [0.1, 0.15) is 41.9 Å². The summed E-state index contributed by atoms with van der Waals surface area (Å²) in [5, 5.41) is 29.6. The van der Waals surface area contributed by atoms with Gasteiger partial charge >= 0.3 is 0 Å². The quantitative estimate of drug-likeness (QED) is 0.555. The molecule has 0 unspecified atom stereocenters. The third-order valence-corrected chi connectivity index (χ3v) is 5.57. The zero-order valence-corrected chi connectivity index (χ0v) is 17.3. The summed E-state index contributed by atoms with van der Waals surface area (Å²) in [6, 6.07) is 15.6. The summed E-state index contributed by atoms with van der Waals surface area (Å²) in [6.45, 7) is 2.41. The van der Waals surface area contributed by atoms with Crippen LogP contribution in [-0.4, -0.2) is 50.8 Å². The van der Waals surface area contributed by atoms with E-state index in [-0.39, 0.29) is 12.5 Å². The average molecular weight is 418 g/mol. The first-order chi connectivity index (χ1) is 15.1. The topological polar surface area (TPSA) is 87.7 Å². The molecule has 4 rings (SSSR count). The zero-order chi connectivity index (χ0) is 21.8. The first kappa shape index (κ1) is 21.3. The highest BCUT2D eigenvalue weighted by Gasteiger charge is 2.27. The molecule has 0 saturated carbocycles. The number of aliphatic hydroxyl groups excluding tert-OH is 3. The third-order valence-electron chi connectivity index (χ3n) is 5.57. The van der Waals surface area contributed by atoms with Crippen LogP contribution in [0.2, 0.25) is 0 Å². The van der Waals surface area contributed by atoms with Gasteiger partial charge in [-0.15, -0.1) is 0 Å². The van der Waals surface area contributed by atoms with Crippen LogP contribution in [0.5, 0.6) is 0 Å². The molecule has 31 heavy (non-hydrogen) atoms. The van der Waals surface area contributed by atoms with Crippen molar-refractivity contribution < 1.29 is 20.1 Å². The van der Waals surface area contributed by atoms with Crippen molar-refractivity contribution in [1.29, 1.82) is 0 Å². The van der Waals surface area contributed by atoms with Crippen molar-refractivity contribution in [1.82, 2.24) is 9.55 Å². The van der Waals surface area contributed by atoms with Crippen molar-refractivity contribution in [3.05, 3.63) is 77.9 Å². The fourth-order valence-electron chi connectivity index (χ4n) is 3.81. The molecule has 160 valence electrons. The molecule has 1 aliphatic rings. The summed E-state index contributed by atoms with van der Waals surface area (Å²) in [4.78, 5) is 4.13. The first-order valence-corrected chi connectivity index (χ1v) is 10.4. The summed E-state index contributed by atoms with van der Waals surface area (Å²) >= 11 is 0. The Morgan fingerprint density at radius 2 is 1.77 bits per heavy atom. The second kappa shape index (κ2) is 9.46. The van der Waals surface area contributed by atoms with E-state index in [4.69, 9.17) is 4.74 Å². The van der Waals surface area contributed by atoms with E-state index in [1.165, 1.54) is 0 Å². The molecule has 2 heterocycles. The Balaban J connectivity index is 1.48. The number of aromatic nitrogens is 2. The van der Waals surface area contributed by atoms with Gasteiger partial charge in [-0.3, -0.25) is 0 Å². The van der Waals surface area contributed by atoms with Crippen LogP contribution >= 0.6 is 0 Å². The number of ether oxygens (including phenoxy) is 1. The molecule has 0 spiro atoms. The Kier molecular flexibility index (Phi) is 6.50. The van der Waals surface area contributed by atoms with Gasteiger partial charge in [0, 0.05) is 23.9 Å². The van der Waals surface area contributed by atoms with E-state index >= 15 is 0 Å². The molecule has 2 aromatic carbocycles. The highest BCUT2D eigenvalue weighted by molar-refractivity contribution is 5.64. The summed E-state index contributed by atoms with van der Waals surface area (Å²) in [7, 11) is 0. The van der Waals surface area contributed by atoms with Crippen LogP contribution < -0.4 is 0 Å². The molecular weight excluding hydrogens is 392 g/mol. The van der Waals surface area contributed by atoms with Crippen molar-refractivity contribution in [2.75, 3.05) is 19.8 Å². The second-order valence-electron chi connectivity index (χ2n) is 7.75. The van der Waals surface area contributed by atoms with Crippen LogP contribution in [0.15, 0.2) is 60.9 Å². The number of rotatable bonds is 5. The molecule has 6 heteroatoms. The van der Waals surface area contributed by atoms with Crippen LogP contribution in [0.25, 0.3) is 11.1 Å². The van der Waals surface area contributed by atoms with Gasteiger partial charge in [0.2, 0.25) is 0 Å². The molecule has 4 atom stereocenters. The molecule has 0 bridgehead atoms. The van der Waals surface area contributed by atoms with E-state index in [1.54, 1.807) is 23.9 Å². The van der Waals surface area contributed by atoms with E-state index < -0.39 is 18.2 Å². The molecule has 3 N–H and O–H groups in total. The predicted octanol–water partition coefficient (Wildman–Crippen LogP) is 2.66. The average Bonchev–Trinajstić information content (AvgIpc) is 3.44. The maximum Gasteiger partial charge on any atom is 0.138 e. The molecule has 6 nitrogen and oxygen atoms in total. The van der Waals surface area contributed by atoms with Gasteiger partial charge in [0.05, 0.1) is 25.9 Å². The van der Waals surface area contributed by atoms with Crippen LogP contribution in [0.3, 0.4) is 0 Å². The molecule has 0 amide bonds. The van der Waals surface area contributed by atoms with Crippen LogP contribution in [0, 0.1) is 11.8 Å². The molecule has 1 fully saturated rings. The maximum absolute atomic E-state index is 10.00.